The molecular formula is C27H29N3O. The zero-order valence-corrected chi connectivity index (χ0v) is 18.1. The quantitative estimate of drug-likeness (QED) is 0.423. The van der Waals surface area contributed by atoms with Crippen molar-refractivity contribution in [2.24, 2.45) is 0 Å². The maximum absolute atomic E-state index is 12.6. The highest BCUT2D eigenvalue weighted by atomic mass is 16.1. The molecule has 0 unspecified atom stereocenters. The van der Waals surface area contributed by atoms with E-state index in [0.29, 0.717) is 13.0 Å². The van der Waals surface area contributed by atoms with Crippen LogP contribution < -0.4 is 10.2 Å². The van der Waals surface area contributed by atoms with E-state index in [1.807, 2.05) is 38.4 Å². The number of hydrogen-bond acceptors (Lipinski definition) is 2. The first-order chi connectivity index (χ1) is 15.1. The number of carbonyl (C=O) groups is 1. The Kier molecular flexibility index (Phi) is 6.37. The predicted octanol–water partition coefficient (Wildman–Crippen LogP) is 5.11. The molecule has 0 aliphatic rings. The fourth-order valence-electron chi connectivity index (χ4n) is 4.00. The zero-order valence-electron chi connectivity index (χ0n) is 18.1. The van der Waals surface area contributed by atoms with Crippen molar-refractivity contribution in [3.05, 3.63) is 102 Å². The fraction of sp³-hybridized carbons (Fsp3) is 0.222. The summed E-state index contributed by atoms with van der Waals surface area (Å²) >= 11 is 0. The number of aromatic nitrogens is 1. The van der Waals surface area contributed by atoms with Crippen LogP contribution in [0.25, 0.3) is 10.9 Å². The average Bonchev–Trinajstić information content (AvgIpc) is 3.23. The van der Waals surface area contributed by atoms with E-state index >= 15 is 0 Å². The second-order valence-corrected chi connectivity index (χ2v) is 8.12. The summed E-state index contributed by atoms with van der Waals surface area (Å²) in [5, 5.41) is 4.38. The minimum absolute atomic E-state index is 0.0769. The Hall–Kier alpha value is -3.53. The largest absolute Gasteiger partial charge is 0.378 e. The van der Waals surface area contributed by atoms with E-state index in [1.54, 1.807) is 0 Å². The fourth-order valence-corrected chi connectivity index (χ4v) is 4.00. The Morgan fingerprint density at radius 3 is 2.39 bits per heavy atom. The minimum Gasteiger partial charge on any atom is -0.378 e. The molecule has 31 heavy (non-hydrogen) atoms. The van der Waals surface area contributed by atoms with Crippen LogP contribution in [0.2, 0.25) is 0 Å². The summed E-state index contributed by atoms with van der Waals surface area (Å²) < 4.78 is 0. The zero-order chi connectivity index (χ0) is 21.6. The first-order valence-corrected chi connectivity index (χ1v) is 10.8. The number of para-hydroxylation sites is 1. The van der Waals surface area contributed by atoms with Gasteiger partial charge in [-0.15, -0.1) is 0 Å². The normalized spacial score (nSPS) is 11.9. The molecule has 4 aromatic rings. The van der Waals surface area contributed by atoms with Crippen LogP contribution in [0.5, 0.6) is 0 Å². The molecule has 3 aromatic carbocycles. The number of fused-ring (bicyclic) bond motifs is 1. The molecule has 2 N–H and O–H groups in total. The Morgan fingerprint density at radius 1 is 0.935 bits per heavy atom. The third-order valence-corrected chi connectivity index (χ3v) is 5.80. The number of aryl methyl sites for hydroxylation is 1. The number of nitrogens with one attached hydrogen (secondary N) is 2. The smallest absolute Gasteiger partial charge is 0.220 e. The summed E-state index contributed by atoms with van der Waals surface area (Å²) in [6.07, 6.45) is 3.32. The van der Waals surface area contributed by atoms with Gasteiger partial charge in [0, 0.05) is 55.8 Å². The van der Waals surface area contributed by atoms with E-state index in [1.165, 1.54) is 22.1 Å². The van der Waals surface area contributed by atoms with E-state index in [9.17, 15) is 4.79 Å². The maximum Gasteiger partial charge on any atom is 0.220 e. The number of hydrogen-bond donors (Lipinski definition) is 2. The van der Waals surface area contributed by atoms with Crippen molar-refractivity contribution in [2.45, 2.75) is 18.8 Å². The molecule has 1 heterocycles. The van der Waals surface area contributed by atoms with Crippen molar-refractivity contribution in [3.63, 3.8) is 0 Å². The van der Waals surface area contributed by atoms with Crippen LogP contribution in [0.15, 0.2) is 85.1 Å². The third-order valence-electron chi connectivity index (χ3n) is 5.80. The van der Waals surface area contributed by atoms with E-state index in [0.717, 1.165) is 17.6 Å². The molecular weight excluding hydrogens is 382 g/mol. The van der Waals surface area contributed by atoms with E-state index < -0.39 is 0 Å². The lowest BCUT2D eigenvalue weighted by molar-refractivity contribution is -0.121. The molecule has 4 rings (SSSR count). The Labute approximate surface area is 183 Å². The molecule has 0 saturated heterocycles. The van der Waals surface area contributed by atoms with Crippen molar-refractivity contribution in [2.75, 3.05) is 25.5 Å². The minimum atomic E-state index is 0.0769. The Bertz CT molecular complexity index is 1130. The molecule has 1 amide bonds. The standard InChI is InChI=1S/C27H29N3O/c1-30(2)22-15-13-21(14-16-22)24(25-19-28-26-11-7-6-10-23(25)26)18-29-27(31)17-12-20-8-4-3-5-9-20/h3-11,13-16,19,24,28H,12,17-18H2,1-2H3,(H,29,31)/t24-/m0/s1. The van der Waals surface area contributed by atoms with Gasteiger partial charge in [0.05, 0.1) is 0 Å². The number of carbonyl (C=O) groups excluding carboxylic acids is 1. The number of benzene rings is 3. The lowest BCUT2D eigenvalue weighted by Crippen LogP contribution is -2.29. The Balaban J connectivity index is 1.53. The average molecular weight is 412 g/mol. The molecule has 0 fully saturated rings. The van der Waals surface area contributed by atoms with Crippen LogP contribution in [0.3, 0.4) is 0 Å². The summed E-state index contributed by atoms with van der Waals surface area (Å²) in [7, 11) is 4.08. The summed E-state index contributed by atoms with van der Waals surface area (Å²) in [4.78, 5) is 18.1. The van der Waals surface area contributed by atoms with Gasteiger partial charge in [-0.3, -0.25) is 4.79 Å². The second kappa shape index (κ2) is 9.52. The van der Waals surface area contributed by atoms with E-state index in [-0.39, 0.29) is 11.8 Å². The van der Waals surface area contributed by atoms with Crippen molar-refractivity contribution in [1.29, 1.82) is 0 Å². The highest BCUT2D eigenvalue weighted by Gasteiger charge is 2.19. The van der Waals surface area contributed by atoms with Gasteiger partial charge in [-0.2, -0.15) is 0 Å². The lowest BCUT2D eigenvalue weighted by atomic mass is 9.90. The molecule has 4 heteroatoms. The van der Waals surface area contributed by atoms with Gasteiger partial charge in [-0.1, -0.05) is 60.7 Å². The van der Waals surface area contributed by atoms with Crippen molar-refractivity contribution in [3.8, 4) is 0 Å². The molecule has 0 saturated carbocycles. The van der Waals surface area contributed by atoms with Crippen molar-refractivity contribution >= 4 is 22.5 Å². The second-order valence-electron chi connectivity index (χ2n) is 8.12. The number of H-pyrrole nitrogens is 1. The number of amides is 1. The van der Waals surface area contributed by atoms with Crippen LogP contribution >= 0.6 is 0 Å². The van der Waals surface area contributed by atoms with Crippen molar-refractivity contribution < 1.29 is 4.79 Å². The molecule has 1 atom stereocenters. The summed E-state index contributed by atoms with van der Waals surface area (Å²) in [5.74, 6) is 0.159. The van der Waals surface area contributed by atoms with Gasteiger partial charge in [0.1, 0.15) is 0 Å². The number of rotatable bonds is 8. The van der Waals surface area contributed by atoms with Crippen LogP contribution in [0, 0.1) is 0 Å². The van der Waals surface area contributed by atoms with Crippen LogP contribution in [0.1, 0.15) is 29.0 Å². The summed E-state index contributed by atoms with van der Waals surface area (Å²) in [5.41, 5.74) is 5.86. The van der Waals surface area contributed by atoms with Crippen molar-refractivity contribution in [1.82, 2.24) is 10.3 Å². The van der Waals surface area contributed by atoms with Crippen LogP contribution in [-0.4, -0.2) is 31.5 Å². The topological polar surface area (TPSA) is 48.1 Å². The SMILES string of the molecule is CN(C)c1ccc([C@H](CNC(=O)CCc2ccccc2)c2c[nH]c3ccccc23)cc1. The van der Waals surface area contributed by atoms with Gasteiger partial charge < -0.3 is 15.2 Å². The lowest BCUT2D eigenvalue weighted by Gasteiger charge is -2.20. The third kappa shape index (κ3) is 4.97. The van der Waals surface area contributed by atoms with E-state index in [2.05, 4.69) is 76.0 Å². The molecule has 0 spiro atoms. The number of aromatic amines is 1. The van der Waals surface area contributed by atoms with Crippen LogP contribution in [-0.2, 0) is 11.2 Å². The van der Waals surface area contributed by atoms with Crippen LogP contribution in [0.4, 0.5) is 5.69 Å². The summed E-state index contributed by atoms with van der Waals surface area (Å²) in [6.45, 7) is 0.566. The summed E-state index contributed by atoms with van der Waals surface area (Å²) in [6, 6.07) is 27.1. The molecule has 1 aromatic heterocycles. The molecule has 0 radical (unpaired) electrons. The Morgan fingerprint density at radius 2 is 1.65 bits per heavy atom. The van der Waals surface area contributed by atoms with Gasteiger partial charge in [0.2, 0.25) is 5.91 Å². The first kappa shape index (κ1) is 20.7. The monoisotopic (exact) mass is 411 g/mol. The first-order valence-electron chi connectivity index (χ1n) is 10.8. The van der Waals surface area contributed by atoms with Gasteiger partial charge in [-0.25, -0.2) is 0 Å². The molecule has 0 aliphatic carbocycles. The van der Waals surface area contributed by atoms with Gasteiger partial charge in [0.15, 0.2) is 0 Å². The molecule has 0 bridgehead atoms. The highest BCUT2D eigenvalue weighted by Crippen LogP contribution is 2.31. The molecule has 4 nitrogen and oxygen atoms in total. The van der Waals surface area contributed by atoms with Gasteiger partial charge in [-0.05, 0) is 41.3 Å². The van der Waals surface area contributed by atoms with Gasteiger partial charge >= 0.3 is 0 Å². The number of nitrogens with zero attached hydrogens (tertiary/aromatic N) is 1. The number of anilines is 1. The molecule has 158 valence electrons. The molecule has 0 aliphatic heterocycles. The van der Waals surface area contributed by atoms with E-state index in [4.69, 9.17) is 0 Å². The maximum atomic E-state index is 12.6. The highest BCUT2D eigenvalue weighted by molar-refractivity contribution is 5.84. The predicted molar refractivity (Wildman–Crippen MR) is 129 cm³/mol. The van der Waals surface area contributed by atoms with Gasteiger partial charge in [0.25, 0.3) is 0 Å².